The van der Waals surface area contributed by atoms with Gasteiger partial charge in [0.05, 0.1) is 17.6 Å². The number of pyridine rings is 1. The third-order valence-corrected chi connectivity index (χ3v) is 5.47. The van der Waals surface area contributed by atoms with Crippen molar-refractivity contribution in [1.29, 1.82) is 0 Å². The number of rotatable bonds is 5. The molecule has 0 saturated carbocycles. The Bertz CT molecular complexity index is 1030. The predicted molar refractivity (Wildman–Crippen MR) is 120 cm³/mol. The van der Waals surface area contributed by atoms with Gasteiger partial charge in [-0.25, -0.2) is 9.97 Å². The van der Waals surface area contributed by atoms with E-state index in [1.807, 2.05) is 24.3 Å². The van der Waals surface area contributed by atoms with E-state index < -0.39 is 0 Å². The summed E-state index contributed by atoms with van der Waals surface area (Å²) < 4.78 is 0. The number of hydrogen-bond donors (Lipinski definition) is 1. The van der Waals surface area contributed by atoms with Crippen LogP contribution < -0.4 is 10.2 Å². The molecule has 1 aliphatic heterocycles. The van der Waals surface area contributed by atoms with Crippen LogP contribution in [0.2, 0.25) is 5.02 Å². The van der Waals surface area contributed by atoms with E-state index >= 15 is 0 Å². The topological polar surface area (TPSA) is 71.0 Å². The summed E-state index contributed by atoms with van der Waals surface area (Å²) in [5.74, 6) is 0.744. The van der Waals surface area contributed by atoms with Crippen molar-refractivity contribution in [3.05, 3.63) is 65.2 Å². The summed E-state index contributed by atoms with van der Waals surface area (Å²) in [4.78, 5) is 28.9. The summed E-state index contributed by atoms with van der Waals surface area (Å²) >= 11 is 6.05. The lowest BCUT2D eigenvalue weighted by Gasteiger charge is -2.21. The maximum absolute atomic E-state index is 13.4. The molecule has 2 aromatic heterocycles. The molecule has 1 aromatic carbocycles. The van der Waals surface area contributed by atoms with Crippen molar-refractivity contribution in [2.75, 3.05) is 23.3 Å². The van der Waals surface area contributed by atoms with Gasteiger partial charge < -0.3 is 10.2 Å². The van der Waals surface area contributed by atoms with Crippen molar-refractivity contribution in [3.8, 4) is 11.3 Å². The van der Waals surface area contributed by atoms with Crippen LogP contribution in [0.15, 0.2) is 48.9 Å². The van der Waals surface area contributed by atoms with Crippen LogP contribution in [0.25, 0.3) is 11.3 Å². The lowest BCUT2D eigenvalue weighted by atomic mass is 10.0. The van der Waals surface area contributed by atoms with Gasteiger partial charge in [-0.05, 0) is 43.0 Å². The zero-order valence-corrected chi connectivity index (χ0v) is 17.9. The highest BCUT2D eigenvalue weighted by atomic mass is 35.5. The molecule has 1 amide bonds. The second-order valence-corrected chi connectivity index (χ2v) is 8.14. The summed E-state index contributed by atoms with van der Waals surface area (Å²) in [6, 6.07) is 11.1. The monoisotopic (exact) mass is 421 g/mol. The summed E-state index contributed by atoms with van der Waals surface area (Å²) in [5.41, 5.74) is 3.50. The van der Waals surface area contributed by atoms with E-state index in [4.69, 9.17) is 11.6 Å². The van der Waals surface area contributed by atoms with Gasteiger partial charge in [-0.15, -0.1) is 0 Å². The first-order chi connectivity index (χ1) is 14.5. The first-order valence-electron chi connectivity index (χ1n) is 10.2. The smallest absolute Gasteiger partial charge is 0.261 e. The van der Waals surface area contributed by atoms with Gasteiger partial charge in [0.2, 0.25) is 0 Å². The van der Waals surface area contributed by atoms with Gasteiger partial charge in [0.15, 0.2) is 0 Å². The largest absolute Gasteiger partial charge is 0.356 e. The number of amides is 1. The van der Waals surface area contributed by atoms with Crippen LogP contribution in [0.4, 0.5) is 11.5 Å². The molecule has 1 N–H and O–H groups in total. The molecule has 1 aliphatic rings. The molecule has 0 aliphatic carbocycles. The lowest BCUT2D eigenvalue weighted by molar-refractivity contribution is 0.102. The fourth-order valence-corrected chi connectivity index (χ4v) is 3.72. The molecular weight excluding hydrogens is 398 g/mol. The van der Waals surface area contributed by atoms with Gasteiger partial charge in [-0.3, -0.25) is 9.78 Å². The second-order valence-electron chi connectivity index (χ2n) is 7.70. The van der Waals surface area contributed by atoms with Crippen LogP contribution in [0.3, 0.4) is 0 Å². The van der Waals surface area contributed by atoms with E-state index in [9.17, 15) is 4.79 Å². The number of halogens is 1. The Kier molecular flexibility index (Phi) is 5.95. The number of nitrogens with one attached hydrogen (secondary N) is 1. The number of anilines is 2. The molecule has 30 heavy (non-hydrogen) atoms. The molecule has 1 fully saturated rings. The Hall–Kier alpha value is -2.99. The number of benzene rings is 1. The molecule has 0 bridgehead atoms. The molecule has 3 heterocycles. The minimum absolute atomic E-state index is 0.249. The Morgan fingerprint density at radius 2 is 1.77 bits per heavy atom. The molecule has 0 radical (unpaired) electrons. The van der Waals surface area contributed by atoms with Gasteiger partial charge >= 0.3 is 0 Å². The molecular formula is C23H24ClN5O. The second kappa shape index (κ2) is 8.79. The summed E-state index contributed by atoms with van der Waals surface area (Å²) in [6.07, 6.45) is 5.38. The Morgan fingerprint density at radius 3 is 2.40 bits per heavy atom. The molecule has 154 valence electrons. The van der Waals surface area contributed by atoms with Crippen LogP contribution in [0.1, 0.15) is 48.7 Å². The number of nitrogens with zero attached hydrogens (tertiary/aromatic N) is 4. The fourth-order valence-electron chi connectivity index (χ4n) is 3.60. The summed E-state index contributed by atoms with van der Waals surface area (Å²) in [5, 5.41) is 3.61. The van der Waals surface area contributed by atoms with Crippen LogP contribution >= 0.6 is 11.6 Å². The highest BCUT2D eigenvalue weighted by Gasteiger charge is 2.26. The molecule has 1 saturated heterocycles. The summed E-state index contributed by atoms with van der Waals surface area (Å²) in [7, 11) is 0. The van der Waals surface area contributed by atoms with Crippen molar-refractivity contribution in [1.82, 2.24) is 15.0 Å². The molecule has 0 atom stereocenters. The maximum atomic E-state index is 13.4. The van der Waals surface area contributed by atoms with Gasteiger partial charge in [0, 0.05) is 29.4 Å². The van der Waals surface area contributed by atoms with E-state index in [0.29, 0.717) is 33.7 Å². The van der Waals surface area contributed by atoms with Crippen LogP contribution in [-0.4, -0.2) is 33.9 Å². The number of carbonyl (C=O) groups is 1. The third kappa shape index (κ3) is 4.28. The van der Waals surface area contributed by atoms with Crippen molar-refractivity contribution in [3.63, 3.8) is 0 Å². The number of carbonyl (C=O) groups excluding carboxylic acids is 1. The minimum atomic E-state index is -0.249. The Balaban J connectivity index is 1.73. The van der Waals surface area contributed by atoms with Gasteiger partial charge in [-0.2, -0.15) is 0 Å². The third-order valence-electron chi connectivity index (χ3n) is 5.21. The Morgan fingerprint density at radius 1 is 1.03 bits per heavy atom. The molecule has 6 nitrogen and oxygen atoms in total. The van der Waals surface area contributed by atoms with Crippen LogP contribution in [0, 0.1) is 0 Å². The molecule has 4 rings (SSSR count). The number of aromatic nitrogens is 3. The van der Waals surface area contributed by atoms with E-state index in [-0.39, 0.29) is 5.91 Å². The average molecular weight is 422 g/mol. The summed E-state index contributed by atoms with van der Waals surface area (Å²) in [6.45, 7) is 5.93. The number of hydrogen-bond acceptors (Lipinski definition) is 5. The van der Waals surface area contributed by atoms with Crippen molar-refractivity contribution in [2.45, 2.75) is 32.6 Å². The SMILES string of the molecule is CC(C)c1ccc(NC(=O)c2c(-c3ccc(Cl)cc3)ncnc2N2CCCC2)cn1. The first-order valence-corrected chi connectivity index (χ1v) is 10.5. The van der Waals surface area contributed by atoms with Gasteiger partial charge in [0.25, 0.3) is 5.91 Å². The van der Waals surface area contributed by atoms with Crippen molar-refractivity contribution < 1.29 is 4.79 Å². The van der Waals surface area contributed by atoms with Gasteiger partial charge in [-0.1, -0.05) is 37.6 Å². The first kappa shape index (κ1) is 20.3. The highest BCUT2D eigenvalue weighted by molar-refractivity contribution is 6.30. The zero-order chi connectivity index (χ0) is 21.1. The molecule has 7 heteroatoms. The van der Waals surface area contributed by atoms with Gasteiger partial charge in [0.1, 0.15) is 17.7 Å². The maximum Gasteiger partial charge on any atom is 0.261 e. The van der Waals surface area contributed by atoms with E-state index in [2.05, 4.69) is 39.0 Å². The fraction of sp³-hybridized carbons (Fsp3) is 0.304. The van der Waals surface area contributed by atoms with E-state index in [1.54, 1.807) is 18.3 Å². The zero-order valence-electron chi connectivity index (χ0n) is 17.1. The van der Waals surface area contributed by atoms with E-state index in [1.165, 1.54) is 6.33 Å². The molecule has 0 unspecified atom stereocenters. The lowest BCUT2D eigenvalue weighted by Crippen LogP contribution is -2.25. The van der Waals surface area contributed by atoms with Crippen molar-refractivity contribution in [2.24, 2.45) is 0 Å². The highest BCUT2D eigenvalue weighted by Crippen LogP contribution is 2.31. The molecule has 0 spiro atoms. The predicted octanol–water partition coefficient (Wildman–Crippen LogP) is 5.17. The van der Waals surface area contributed by atoms with Crippen LogP contribution in [0.5, 0.6) is 0 Å². The normalized spacial score (nSPS) is 13.7. The Labute approximate surface area is 181 Å². The minimum Gasteiger partial charge on any atom is -0.356 e. The quantitative estimate of drug-likeness (QED) is 0.615. The standard InChI is InChI=1S/C23H24ClN5O/c1-15(2)19-10-9-18(13-25-19)28-23(30)20-21(16-5-7-17(24)8-6-16)26-14-27-22(20)29-11-3-4-12-29/h5-10,13-15H,3-4,11-12H2,1-2H3,(H,28,30). The average Bonchev–Trinajstić information content (AvgIpc) is 3.29. The van der Waals surface area contributed by atoms with Crippen molar-refractivity contribution >= 4 is 29.0 Å². The molecule has 3 aromatic rings. The van der Waals surface area contributed by atoms with Crippen LogP contribution in [-0.2, 0) is 0 Å². The van der Waals surface area contributed by atoms with E-state index in [0.717, 1.165) is 37.2 Å².